The van der Waals surface area contributed by atoms with Gasteiger partial charge < -0.3 is 5.11 Å². The quantitative estimate of drug-likeness (QED) is 0.605. The highest BCUT2D eigenvalue weighted by Crippen LogP contribution is 2.12. The van der Waals surface area contributed by atoms with E-state index in [0.29, 0.717) is 6.54 Å². The highest BCUT2D eigenvalue weighted by atomic mass is 16.3. The summed E-state index contributed by atoms with van der Waals surface area (Å²) in [5.74, 6) is 5.75. The highest BCUT2D eigenvalue weighted by molar-refractivity contribution is 4.99. The summed E-state index contributed by atoms with van der Waals surface area (Å²) in [5, 5.41) is 12.4. The van der Waals surface area contributed by atoms with Crippen LogP contribution < -0.4 is 5.32 Å². The molecule has 2 N–H and O–H groups in total. The van der Waals surface area contributed by atoms with Crippen LogP contribution in [-0.4, -0.2) is 23.8 Å². The van der Waals surface area contributed by atoms with Crippen LogP contribution in [-0.2, 0) is 0 Å². The lowest BCUT2D eigenvalue weighted by atomic mass is 9.94. The molecule has 0 aromatic heterocycles. The van der Waals surface area contributed by atoms with Crippen molar-refractivity contribution in [1.82, 2.24) is 5.32 Å². The lowest BCUT2D eigenvalue weighted by Crippen LogP contribution is -2.47. The van der Waals surface area contributed by atoms with Crippen LogP contribution in [0.15, 0.2) is 0 Å². The minimum atomic E-state index is -0.121. The Morgan fingerprint density at radius 1 is 1.33 bits per heavy atom. The average molecular weight is 169 g/mol. The standard InChI is InChI=1S/C10H19NO/c1-4-7-8-11-10(5-2,6-3)9-12/h11-12H,5-6,8-9H2,1-3H3. The molecular weight excluding hydrogens is 150 g/mol. The zero-order valence-corrected chi connectivity index (χ0v) is 8.28. The van der Waals surface area contributed by atoms with Crippen molar-refractivity contribution in [3.63, 3.8) is 0 Å². The fourth-order valence-electron chi connectivity index (χ4n) is 1.10. The van der Waals surface area contributed by atoms with Crippen LogP contribution in [0.3, 0.4) is 0 Å². The van der Waals surface area contributed by atoms with E-state index in [2.05, 4.69) is 31.0 Å². The van der Waals surface area contributed by atoms with E-state index in [1.165, 1.54) is 0 Å². The molecule has 0 fully saturated rings. The zero-order chi connectivity index (χ0) is 9.45. The summed E-state index contributed by atoms with van der Waals surface area (Å²) in [6, 6.07) is 0. The third-order valence-electron chi connectivity index (χ3n) is 2.38. The van der Waals surface area contributed by atoms with E-state index in [4.69, 9.17) is 5.11 Å². The van der Waals surface area contributed by atoms with Crippen LogP contribution in [0.4, 0.5) is 0 Å². The van der Waals surface area contributed by atoms with Gasteiger partial charge in [0.1, 0.15) is 0 Å². The second-order valence-electron chi connectivity index (χ2n) is 2.93. The predicted octanol–water partition coefficient (Wildman–Crippen LogP) is 1.15. The summed E-state index contributed by atoms with van der Waals surface area (Å²) in [5.41, 5.74) is -0.121. The zero-order valence-electron chi connectivity index (χ0n) is 8.28. The van der Waals surface area contributed by atoms with Crippen LogP contribution in [0, 0.1) is 11.8 Å². The lowest BCUT2D eigenvalue weighted by molar-refractivity contribution is 0.156. The molecule has 70 valence electrons. The Hall–Kier alpha value is -0.520. The lowest BCUT2D eigenvalue weighted by Gasteiger charge is -2.29. The first-order valence-corrected chi connectivity index (χ1v) is 4.50. The fourth-order valence-corrected chi connectivity index (χ4v) is 1.10. The molecular formula is C10H19NO. The van der Waals surface area contributed by atoms with Gasteiger partial charge in [0.25, 0.3) is 0 Å². The number of hydrogen-bond donors (Lipinski definition) is 2. The highest BCUT2D eigenvalue weighted by Gasteiger charge is 2.23. The molecule has 0 aliphatic rings. The van der Waals surface area contributed by atoms with Gasteiger partial charge in [0.2, 0.25) is 0 Å². The van der Waals surface area contributed by atoms with Crippen molar-refractivity contribution in [1.29, 1.82) is 0 Å². The first-order chi connectivity index (χ1) is 5.74. The number of hydrogen-bond acceptors (Lipinski definition) is 2. The molecule has 2 nitrogen and oxygen atoms in total. The summed E-state index contributed by atoms with van der Waals surface area (Å²) < 4.78 is 0. The monoisotopic (exact) mass is 169 g/mol. The first-order valence-electron chi connectivity index (χ1n) is 4.50. The Balaban J connectivity index is 3.98. The maximum Gasteiger partial charge on any atom is 0.0613 e. The van der Waals surface area contributed by atoms with Crippen LogP contribution in [0.1, 0.15) is 33.6 Å². The molecule has 0 amide bonds. The van der Waals surface area contributed by atoms with E-state index >= 15 is 0 Å². The molecule has 0 aliphatic carbocycles. The molecule has 0 aromatic carbocycles. The van der Waals surface area contributed by atoms with Crippen molar-refractivity contribution >= 4 is 0 Å². The van der Waals surface area contributed by atoms with Crippen LogP contribution in [0.2, 0.25) is 0 Å². The minimum absolute atomic E-state index is 0.121. The molecule has 0 atom stereocenters. The van der Waals surface area contributed by atoms with Gasteiger partial charge in [-0.3, -0.25) is 5.32 Å². The molecule has 0 saturated carbocycles. The van der Waals surface area contributed by atoms with Gasteiger partial charge in [-0.15, -0.1) is 5.92 Å². The summed E-state index contributed by atoms with van der Waals surface area (Å²) in [6.07, 6.45) is 1.87. The van der Waals surface area contributed by atoms with E-state index in [9.17, 15) is 0 Å². The third kappa shape index (κ3) is 3.25. The van der Waals surface area contributed by atoms with Gasteiger partial charge in [-0.2, -0.15) is 0 Å². The van der Waals surface area contributed by atoms with Gasteiger partial charge >= 0.3 is 0 Å². The Kier molecular flexibility index (Phi) is 5.79. The number of nitrogens with one attached hydrogen (secondary N) is 1. The topological polar surface area (TPSA) is 32.3 Å². The van der Waals surface area contributed by atoms with Crippen molar-refractivity contribution in [3.8, 4) is 11.8 Å². The van der Waals surface area contributed by atoms with Crippen molar-refractivity contribution in [2.75, 3.05) is 13.2 Å². The summed E-state index contributed by atoms with van der Waals surface area (Å²) in [7, 11) is 0. The second kappa shape index (κ2) is 6.05. The molecule has 0 radical (unpaired) electrons. The summed E-state index contributed by atoms with van der Waals surface area (Å²) in [4.78, 5) is 0. The second-order valence-corrected chi connectivity index (χ2v) is 2.93. The Labute approximate surface area is 75.4 Å². The largest absolute Gasteiger partial charge is 0.394 e. The Morgan fingerprint density at radius 3 is 2.25 bits per heavy atom. The van der Waals surface area contributed by atoms with E-state index in [1.54, 1.807) is 0 Å². The molecule has 12 heavy (non-hydrogen) atoms. The van der Waals surface area contributed by atoms with E-state index in [0.717, 1.165) is 12.8 Å². The van der Waals surface area contributed by atoms with E-state index in [1.807, 2.05) is 6.92 Å². The molecule has 0 unspecified atom stereocenters. The molecule has 0 spiro atoms. The molecule has 0 rings (SSSR count). The normalized spacial score (nSPS) is 10.7. The van der Waals surface area contributed by atoms with Gasteiger partial charge in [-0.05, 0) is 19.8 Å². The summed E-state index contributed by atoms with van der Waals surface area (Å²) in [6.45, 7) is 6.82. The van der Waals surface area contributed by atoms with Crippen molar-refractivity contribution in [2.45, 2.75) is 39.2 Å². The van der Waals surface area contributed by atoms with Gasteiger partial charge in [-0.25, -0.2) is 0 Å². The average Bonchev–Trinajstić information content (AvgIpc) is 2.14. The van der Waals surface area contributed by atoms with Gasteiger partial charge in [-0.1, -0.05) is 19.8 Å². The first kappa shape index (κ1) is 11.5. The molecule has 0 saturated heterocycles. The summed E-state index contributed by atoms with van der Waals surface area (Å²) >= 11 is 0. The molecule has 0 aromatic rings. The molecule has 2 heteroatoms. The van der Waals surface area contributed by atoms with Gasteiger partial charge in [0, 0.05) is 5.54 Å². The van der Waals surface area contributed by atoms with E-state index < -0.39 is 0 Å². The van der Waals surface area contributed by atoms with Gasteiger partial charge in [0.05, 0.1) is 13.2 Å². The number of aliphatic hydroxyl groups excluding tert-OH is 1. The molecule has 0 aliphatic heterocycles. The van der Waals surface area contributed by atoms with Crippen molar-refractivity contribution in [3.05, 3.63) is 0 Å². The fraction of sp³-hybridized carbons (Fsp3) is 0.800. The SMILES string of the molecule is CC#CCNC(CC)(CC)CO. The molecule has 0 heterocycles. The van der Waals surface area contributed by atoms with Crippen LogP contribution >= 0.6 is 0 Å². The van der Waals surface area contributed by atoms with Crippen LogP contribution in [0.5, 0.6) is 0 Å². The number of aliphatic hydroxyl groups is 1. The maximum absolute atomic E-state index is 9.17. The Morgan fingerprint density at radius 2 is 1.92 bits per heavy atom. The van der Waals surface area contributed by atoms with Crippen molar-refractivity contribution < 1.29 is 5.11 Å². The minimum Gasteiger partial charge on any atom is -0.394 e. The third-order valence-corrected chi connectivity index (χ3v) is 2.38. The van der Waals surface area contributed by atoms with Crippen LogP contribution in [0.25, 0.3) is 0 Å². The number of rotatable bonds is 5. The smallest absolute Gasteiger partial charge is 0.0613 e. The Bertz CT molecular complexity index is 154. The van der Waals surface area contributed by atoms with Gasteiger partial charge in [0.15, 0.2) is 0 Å². The maximum atomic E-state index is 9.17. The van der Waals surface area contributed by atoms with Crippen molar-refractivity contribution in [2.24, 2.45) is 0 Å². The molecule has 0 bridgehead atoms. The van der Waals surface area contributed by atoms with E-state index in [-0.39, 0.29) is 12.1 Å². The predicted molar refractivity (Wildman–Crippen MR) is 51.9 cm³/mol.